The lowest BCUT2D eigenvalue weighted by atomic mass is 10.5. The van der Waals surface area contributed by atoms with Gasteiger partial charge < -0.3 is 10.4 Å². The van der Waals surface area contributed by atoms with Crippen molar-refractivity contribution in [3.63, 3.8) is 0 Å². The minimum absolute atomic E-state index is 0.195. The van der Waals surface area contributed by atoms with E-state index in [1.807, 2.05) is 0 Å². The number of hydrogen-bond acceptors (Lipinski definition) is 4. The summed E-state index contributed by atoms with van der Waals surface area (Å²) in [6, 6.07) is 0. The van der Waals surface area contributed by atoms with Crippen molar-refractivity contribution in [3.05, 3.63) is 27.2 Å². The largest absolute Gasteiger partial charge is 0.351 e. The SMILES string of the molecule is Cn1c(=O)c2c(ncn2C)n(N)c1=O. The van der Waals surface area contributed by atoms with Crippen LogP contribution in [0.4, 0.5) is 0 Å². The van der Waals surface area contributed by atoms with Crippen LogP contribution in [0.1, 0.15) is 0 Å². The van der Waals surface area contributed by atoms with Crippen LogP contribution in [-0.2, 0) is 14.1 Å². The number of nitrogens with zero attached hydrogens (tertiary/aromatic N) is 4. The third-order valence-electron chi connectivity index (χ3n) is 2.15. The second-order valence-corrected chi connectivity index (χ2v) is 3.04. The molecule has 2 aromatic heterocycles. The number of aryl methyl sites for hydroxylation is 1. The maximum atomic E-state index is 11.6. The first-order valence-electron chi connectivity index (χ1n) is 3.92. The van der Waals surface area contributed by atoms with Gasteiger partial charge >= 0.3 is 5.69 Å². The van der Waals surface area contributed by atoms with Crippen molar-refractivity contribution < 1.29 is 0 Å². The van der Waals surface area contributed by atoms with Crippen LogP contribution in [0.5, 0.6) is 0 Å². The molecule has 0 saturated carbocycles. The molecule has 0 saturated heterocycles. The zero-order valence-corrected chi connectivity index (χ0v) is 7.76. The molecule has 2 rings (SSSR count). The van der Waals surface area contributed by atoms with Crippen LogP contribution in [0, 0.1) is 0 Å². The number of nitrogen functional groups attached to an aromatic ring is 1. The Labute approximate surface area is 78.0 Å². The Bertz CT molecular complexity index is 617. The standard InChI is InChI=1S/C7H9N5O2/c1-10-3-9-5-4(10)6(13)11(2)7(14)12(5)8/h3H,8H2,1-2H3. The van der Waals surface area contributed by atoms with E-state index in [1.165, 1.54) is 17.9 Å². The van der Waals surface area contributed by atoms with Crippen LogP contribution in [0.25, 0.3) is 11.2 Å². The highest BCUT2D eigenvalue weighted by Gasteiger charge is 2.12. The summed E-state index contributed by atoms with van der Waals surface area (Å²) in [7, 11) is 3.04. The summed E-state index contributed by atoms with van der Waals surface area (Å²) in [6.07, 6.45) is 1.44. The minimum Gasteiger partial charge on any atom is -0.333 e. The van der Waals surface area contributed by atoms with Gasteiger partial charge in [-0.3, -0.25) is 9.36 Å². The molecule has 74 valence electrons. The molecule has 0 unspecified atom stereocenters. The summed E-state index contributed by atoms with van der Waals surface area (Å²) in [5, 5.41) is 0. The van der Waals surface area contributed by atoms with E-state index in [2.05, 4.69) is 4.98 Å². The Balaban J connectivity index is 3.22. The maximum Gasteiger partial charge on any atom is 0.351 e. The lowest BCUT2D eigenvalue weighted by Crippen LogP contribution is -2.41. The minimum atomic E-state index is -0.582. The van der Waals surface area contributed by atoms with Crippen molar-refractivity contribution >= 4 is 11.2 Å². The molecular formula is C7H9N5O2. The van der Waals surface area contributed by atoms with Crippen LogP contribution in [0.2, 0.25) is 0 Å². The van der Waals surface area contributed by atoms with Crippen molar-refractivity contribution in [3.8, 4) is 0 Å². The summed E-state index contributed by atoms with van der Waals surface area (Å²) in [5.74, 6) is 5.47. The summed E-state index contributed by atoms with van der Waals surface area (Å²) in [5.41, 5.74) is -0.469. The first kappa shape index (κ1) is 8.54. The van der Waals surface area contributed by atoms with Crippen LogP contribution in [0.3, 0.4) is 0 Å². The van der Waals surface area contributed by atoms with E-state index >= 15 is 0 Å². The van der Waals surface area contributed by atoms with Gasteiger partial charge in [-0.05, 0) is 0 Å². The van der Waals surface area contributed by atoms with Gasteiger partial charge in [-0.25, -0.2) is 9.78 Å². The first-order chi connectivity index (χ1) is 6.54. The van der Waals surface area contributed by atoms with E-state index in [-0.39, 0.29) is 5.65 Å². The fourth-order valence-corrected chi connectivity index (χ4v) is 1.34. The Morgan fingerprint density at radius 1 is 1.36 bits per heavy atom. The molecule has 2 N–H and O–H groups in total. The average molecular weight is 195 g/mol. The Morgan fingerprint density at radius 3 is 2.64 bits per heavy atom. The molecule has 0 amide bonds. The van der Waals surface area contributed by atoms with E-state index in [4.69, 9.17) is 5.84 Å². The molecule has 0 aromatic carbocycles. The lowest BCUT2D eigenvalue weighted by molar-refractivity contribution is 0.729. The maximum absolute atomic E-state index is 11.6. The summed E-state index contributed by atoms with van der Waals surface area (Å²) >= 11 is 0. The average Bonchev–Trinajstić information content (AvgIpc) is 2.54. The summed E-state index contributed by atoms with van der Waals surface area (Å²) in [6.45, 7) is 0. The van der Waals surface area contributed by atoms with Crippen LogP contribution in [-0.4, -0.2) is 18.8 Å². The van der Waals surface area contributed by atoms with Crippen molar-refractivity contribution in [1.82, 2.24) is 18.8 Å². The number of hydrogen-bond donors (Lipinski definition) is 1. The number of fused-ring (bicyclic) bond motifs is 1. The van der Waals surface area contributed by atoms with E-state index in [0.717, 1.165) is 9.24 Å². The molecule has 0 aliphatic heterocycles. The number of aromatic nitrogens is 4. The molecule has 0 aliphatic rings. The van der Waals surface area contributed by atoms with Crippen molar-refractivity contribution in [1.29, 1.82) is 0 Å². The van der Waals surface area contributed by atoms with Gasteiger partial charge in [0, 0.05) is 14.1 Å². The first-order valence-corrected chi connectivity index (χ1v) is 3.92. The number of rotatable bonds is 0. The van der Waals surface area contributed by atoms with Gasteiger partial charge in [0.15, 0.2) is 11.2 Å². The van der Waals surface area contributed by atoms with Gasteiger partial charge in [-0.1, -0.05) is 0 Å². The van der Waals surface area contributed by atoms with Crippen LogP contribution < -0.4 is 17.1 Å². The highest BCUT2D eigenvalue weighted by Crippen LogP contribution is 2.00. The Hall–Kier alpha value is -2.05. The molecule has 7 nitrogen and oxygen atoms in total. The second-order valence-electron chi connectivity index (χ2n) is 3.04. The Kier molecular flexibility index (Phi) is 1.51. The molecule has 0 bridgehead atoms. The predicted molar refractivity (Wildman–Crippen MR) is 50.4 cm³/mol. The highest BCUT2D eigenvalue weighted by molar-refractivity contribution is 5.69. The molecule has 0 atom stereocenters. The van der Waals surface area contributed by atoms with Gasteiger partial charge in [-0.15, -0.1) is 0 Å². The summed E-state index contributed by atoms with van der Waals surface area (Å²) < 4.78 is 3.33. The molecule has 7 heteroatoms. The smallest absolute Gasteiger partial charge is 0.333 e. The van der Waals surface area contributed by atoms with Crippen molar-refractivity contribution in [2.45, 2.75) is 0 Å². The molecule has 0 radical (unpaired) electrons. The fraction of sp³-hybridized carbons (Fsp3) is 0.286. The number of nitrogens with two attached hydrogens (primary N) is 1. The topological polar surface area (TPSA) is 87.8 Å². The van der Waals surface area contributed by atoms with Crippen LogP contribution >= 0.6 is 0 Å². The third-order valence-corrected chi connectivity index (χ3v) is 2.15. The lowest BCUT2D eigenvalue weighted by Gasteiger charge is -2.02. The molecule has 14 heavy (non-hydrogen) atoms. The highest BCUT2D eigenvalue weighted by atomic mass is 16.2. The molecule has 0 spiro atoms. The van der Waals surface area contributed by atoms with E-state index in [0.29, 0.717) is 5.52 Å². The monoisotopic (exact) mass is 195 g/mol. The molecular weight excluding hydrogens is 186 g/mol. The normalized spacial score (nSPS) is 11.0. The van der Waals surface area contributed by atoms with Gasteiger partial charge in [0.1, 0.15) is 0 Å². The fourth-order valence-electron chi connectivity index (χ4n) is 1.34. The Morgan fingerprint density at radius 2 is 2.00 bits per heavy atom. The van der Waals surface area contributed by atoms with E-state index < -0.39 is 11.2 Å². The summed E-state index contributed by atoms with van der Waals surface area (Å²) in [4.78, 5) is 26.8. The third kappa shape index (κ3) is 0.832. The zero-order chi connectivity index (χ0) is 10.5. The van der Waals surface area contributed by atoms with Gasteiger partial charge in [0.2, 0.25) is 0 Å². The molecule has 2 heterocycles. The quantitative estimate of drug-likeness (QED) is 0.500. The molecule has 2 aromatic rings. The van der Waals surface area contributed by atoms with Gasteiger partial charge in [0.25, 0.3) is 5.56 Å². The molecule has 0 aliphatic carbocycles. The second kappa shape index (κ2) is 2.47. The van der Waals surface area contributed by atoms with Crippen LogP contribution in [0.15, 0.2) is 15.9 Å². The predicted octanol–water partition coefficient (Wildman–Crippen LogP) is -1.85. The van der Waals surface area contributed by atoms with E-state index in [9.17, 15) is 9.59 Å². The van der Waals surface area contributed by atoms with Crippen molar-refractivity contribution in [2.75, 3.05) is 5.84 Å². The van der Waals surface area contributed by atoms with Gasteiger partial charge in [-0.2, -0.15) is 4.68 Å². The van der Waals surface area contributed by atoms with E-state index in [1.54, 1.807) is 7.05 Å². The molecule has 0 fully saturated rings. The zero-order valence-electron chi connectivity index (χ0n) is 7.76. The van der Waals surface area contributed by atoms with Gasteiger partial charge in [0.05, 0.1) is 6.33 Å². The van der Waals surface area contributed by atoms with Crippen molar-refractivity contribution in [2.24, 2.45) is 14.1 Å². The number of imidazole rings is 1.